The van der Waals surface area contributed by atoms with E-state index in [1.807, 2.05) is 0 Å². The summed E-state index contributed by atoms with van der Waals surface area (Å²) in [6.07, 6.45) is 1.67. The van der Waals surface area contributed by atoms with Gasteiger partial charge in [0.1, 0.15) is 23.9 Å². The van der Waals surface area contributed by atoms with E-state index in [1.54, 1.807) is 59.4 Å². The lowest BCUT2D eigenvalue weighted by Gasteiger charge is -2.05. The van der Waals surface area contributed by atoms with Gasteiger partial charge in [0.05, 0.1) is 6.54 Å². The van der Waals surface area contributed by atoms with Crippen LogP contribution in [0.5, 0.6) is 5.75 Å². The number of halogens is 2. The summed E-state index contributed by atoms with van der Waals surface area (Å²) in [5, 5.41) is 7.24. The average molecular weight is 468 g/mol. The highest BCUT2D eigenvalue weighted by molar-refractivity contribution is 6.31. The van der Waals surface area contributed by atoms with Crippen molar-refractivity contribution in [3.8, 4) is 5.75 Å². The Morgan fingerprint density at radius 3 is 2.64 bits per heavy atom. The highest BCUT2D eigenvalue weighted by Crippen LogP contribution is 2.19. The Balaban J connectivity index is 1.32. The number of hydrogen-bond acceptors (Lipinski definition) is 5. The van der Waals surface area contributed by atoms with Crippen molar-refractivity contribution in [2.75, 3.05) is 5.32 Å². The number of nitrogens with one attached hydrogen (secondary N) is 1. The molecule has 4 rings (SSSR count). The van der Waals surface area contributed by atoms with E-state index in [1.165, 1.54) is 19.1 Å². The van der Waals surface area contributed by atoms with E-state index in [0.29, 0.717) is 40.0 Å². The number of amides is 1. The Bertz CT molecular complexity index is 1300. The van der Waals surface area contributed by atoms with Crippen molar-refractivity contribution < 1.29 is 23.1 Å². The van der Waals surface area contributed by atoms with Crippen molar-refractivity contribution in [3.05, 3.63) is 100 Å². The summed E-state index contributed by atoms with van der Waals surface area (Å²) in [6, 6.07) is 15.7. The Morgan fingerprint density at radius 1 is 1.12 bits per heavy atom. The molecule has 0 bridgehead atoms. The summed E-state index contributed by atoms with van der Waals surface area (Å²) in [6.45, 7) is 1.95. The second-order valence-electron chi connectivity index (χ2n) is 7.22. The van der Waals surface area contributed by atoms with E-state index in [2.05, 4.69) is 10.4 Å². The van der Waals surface area contributed by atoms with Crippen LogP contribution in [-0.2, 0) is 13.2 Å². The molecule has 1 N–H and O–H groups in total. The lowest BCUT2D eigenvalue weighted by Crippen LogP contribution is -2.12. The first-order valence-corrected chi connectivity index (χ1v) is 10.4. The molecule has 0 aliphatic rings. The van der Waals surface area contributed by atoms with Crippen molar-refractivity contribution in [2.24, 2.45) is 0 Å². The molecule has 2 aromatic carbocycles. The largest absolute Gasteiger partial charge is 0.486 e. The minimum absolute atomic E-state index is 0.0210. The standard InChI is InChI=1S/C24H19ClFN3O4/c1-15(30)16-3-6-19(7-4-16)32-14-20-8-9-22(33-20)24(31)27-23-10-11-29(28-23)13-17-2-5-18(26)12-21(17)25/h2-12H,13-14H2,1H3,(H,27,28,31). The smallest absolute Gasteiger partial charge is 0.292 e. The van der Waals surface area contributed by atoms with Gasteiger partial charge in [-0.3, -0.25) is 14.3 Å². The molecule has 0 fully saturated rings. The number of benzene rings is 2. The third kappa shape index (κ3) is 5.67. The first kappa shape index (κ1) is 22.3. The minimum atomic E-state index is -0.461. The number of nitrogens with zero attached hydrogens (tertiary/aromatic N) is 2. The normalized spacial score (nSPS) is 10.8. The molecular formula is C24H19ClFN3O4. The van der Waals surface area contributed by atoms with Crippen LogP contribution in [0.1, 0.15) is 39.2 Å². The summed E-state index contributed by atoms with van der Waals surface area (Å²) >= 11 is 6.05. The number of anilines is 1. The van der Waals surface area contributed by atoms with Crippen LogP contribution in [0.2, 0.25) is 5.02 Å². The number of ketones is 1. The number of carbonyl (C=O) groups excluding carboxylic acids is 2. The molecule has 0 saturated heterocycles. The number of furan rings is 1. The van der Waals surface area contributed by atoms with Crippen LogP contribution in [0, 0.1) is 5.82 Å². The highest BCUT2D eigenvalue weighted by atomic mass is 35.5. The van der Waals surface area contributed by atoms with Crippen molar-refractivity contribution >= 4 is 29.1 Å². The van der Waals surface area contributed by atoms with E-state index in [0.717, 1.165) is 0 Å². The maximum atomic E-state index is 13.2. The van der Waals surface area contributed by atoms with Gasteiger partial charge in [-0.1, -0.05) is 17.7 Å². The quantitative estimate of drug-likeness (QED) is 0.353. The summed E-state index contributed by atoms with van der Waals surface area (Å²) in [4.78, 5) is 23.8. The van der Waals surface area contributed by atoms with Crippen molar-refractivity contribution in [1.29, 1.82) is 0 Å². The van der Waals surface area contributed by atoms with E-state index in [4.69, 9.17) is 20.8 Å². The number of ether oxygens (including phenoxy) is 1. The third-order valence-corrected chi connectivity index (χ3v) is 5.11. The molecule has 0 saturated carbocycles. The predicted molar refractivity (Wildman–Crippen MR) is 120 cm³/mol. The zero-order chi connectivity index (χ0) is 23.4. The second-order valence-corrected chi connectivity index (χ2v) is 7.63. The van der Waals surface area contributed by atoms with Gasteiger partial charge in [-0.25, -0.2) is 4.39 Å². The molecule has 9 heteroatoms. The molecule has 0 aliphatic carbocycles. The molecule has 7 nitrogen and oxygen atoms in total. The fourth-order valence-corrected chi connectivity index (χ4v) is 3.26. The molecule has 33 heavy (non-hydrogen) atoms. The minimum Gasteiger partial charge on any atom is -0.486 e. The predicted octanol–water partition coefficient (Wildman–Crippen LogP) is 5.35. The first-order chi connectivity index (χ1) is 15.9. The van der Waals surface area contributed by atoms with E-state index < -0.39 is 11.7 Å². The van der Waals surface area contributed by atoms with Gasteiger partial charge in [0.25, 0.3) is 5.91 Å². The van der Waals surface area contributed by atoms with E-state index in [9.17, 15) is 14.0 Å². The molecule has 0 atom stereocenters. The highest BCUT2D eigenvalue weighted by Gasteiger charge is 2.14. The van der Waals surface area contributed by atoms with Gasteiger partial charge >= 0.3 is 0 Å². The lowest BCUT2D eigenvalue weighted by molar-refractivity contribution is 0.0990. The third-order valence-electron chi connectivity index (χ3n) is 4.76. The Morgan fingerprint density at radius 2 is 1.91 bits per heavy atom. The summed E-state index contributed by atoms with van der Waals surface area (Å²) in [5.41, 5.74) is 1.30. The van der Waals surface area contributed by atoms with Crippen LogP contribution in [0.3, 0.4) is 0 Å². The van der Waals surface area contributed by atoms with Crippen LogP contribution < -0.4 is 10.1 Å². The molecule has 2 heterocycles. The van der Waals surface area contributed by atoms with Gasteiger partial charge in [-0.05, 0) is 61.0 Å². The molecule has 168 valence electrons. The monoisotopic (exact) mass is 467 g/mol. The SMILES string of the molecule is CC(=O)c1ccc(OCc2ccc(C(=O)Nc3ccn(Cc4ccc(F)cc4Cl)n3)o2)cc1. The van der Waals surface area contributed by atoms with E-state index in [-0.39, 0.29) is 18.2 Å². The maximum absolute atomic E-state index is 13.2. The molecule has 0 aliphatic heterocycles. The lowest BCUT2D eigenvalue weighted by atomic mass is 10.1. The summed E-state index contributed by atoms with van der Waals surface area (Å²) in [7, 11) is 0. The zero-order valence-electron chi connectivity index (χ0n) is 17.5. The Labute approximate surface area is 193 Å². The van der Waals surface area contributed by atoms with Crippen molar-refractivity contribution in [3.63, 3.8) is 0 Å². The average Bonchev–Trinajstić information content (AvgIpc) is 3.44. The number of aromatic nitrogens is 2. The molecule has 1 amide bonds. The second kappa shape index (κ2) is 9.70. The molecule has 0 unspecified atom stereocenters. The fraction of sp³-hybridized carbons (Fsp3) is 0.125. The fourth-order valence-electron chi connectivity index (χ4n) is 3.04. The van der Waals surface area contributed by atoms with Crippen LogP contribution >= 0.6 is 11.6 Å². The Kier molecular flexibility index (Phi) is 6.55. The zero-order valence-corrected chi connectivity index (χ0v) is 18.3. The summed E-state index contributed by atoms with van der Waals surface area (Å²) < 4.78 is 25.9. The van der Waals surface area contributed by atoms with E-state index >= 15 is 0 Å². The van der Waals surface area contributed by atoms with Crippen LogP contribution in [0.25, 0.3) is 0 Å². The summed E-state index contributed by atoms with van der Waals surface area (Å²) in [5.74, 6) is 0.590. The molecule has 0 spiro atoms. The van der Waals surface area contributed by atoms with Gasteiger partial charge in [0.15, 0.2) is 17.4 Å². The first-order valence-electron chi connectivity index (χ1n) is 9.98. The Hall–Kier alpha value is -3.91. The van der Waals surface area contributed by atoms with Gasteiger partial charge < -0.3 is 14.5 Å². The van der Waals surface area contributed by atoms with Gasteiger partial charge in [-0.15, -0.1) is 0 Å². The van der Waals surface area contributed by atoms with Gasteiger partial charge in [-0.2, -0.15) is 5.10 Å². The number of hydrogen-bond donors (Lipinski definition) is 1. The molecular weight excluding hydrogens is 449 g/mol. The maximum Gasteiger partial charge on any atom is 0.292 e. The molecule has 4 aromatic rings. The molecule has 0 radical (unpaired) electrons. The number of carbonyl (C=O) groups is 2. The molecule has 2 aromatic heterocycles. The number of rotatable bonds is 8. The van der Waals surface area contributed by atoms with Gasteiger partial charge in [0, 0.05) is 22.8 Å². The topological polar surface area (TPSA) is 86.4 Å². The van der Waals surface area contributed by atoms with Crippen molar-refractivity contribution in [2.45, 2.75) is 20.1 Å². The van der Waals surface area contributed by atoms with Crippen LogP contribution in [-0.4, -0.2) is 21.5 Å². The van der Waals surface area contributed by atoms with Crippen molar-refractivity contribution in [1.82, 2.24) is 9.78 Å². The van der Waals surface area contributed by atoms with Gasteiger partial charge in [0.2, 0.25) is 0 Å². The number of Topliss-reactive ketones (excluding diaryl/α,β-unsaturated/α-hetero) is 1. The van der Waals surface area contributed by atoms with Crippen LogP contribution in [0.15, 0.2) is 71.3 Å². The van der Waals surface area contributed by atoms with Crippen LogP contribution in [0.4, 0.5) is 10.2 Å².